The fraction of sp³-hybridized carbons (Fsp3) is 0.133. The highest BCUT2D eigenvalue weighted by Crippen LogP contribution is 2.28. The number of thiocarbonyl (C=S) groups is 1. The van der Waals surface area contributed by atoms with E-state index in [1.165, 1.54) is 0 Å². The maximum atomic E-state index is 5.93. The number of aryl methyl sites for hydroxylation is 1. The average molecular weight is 257 g/mol. The minimum absolute atomic E-state index is 0.347. The zero-order valence-electron chi connectivity index (χ0n) is 10.2. The predicted octanol–water partition coefficient (Wildman–Crippen LogP) is 3.68. The average Bonchev–Trinajstić information content (AvgIpc) is 2.40. The molecule has 2 aromatic rings. The molecule has 2 N–H and O–H groups in total. The van der Waals surface area contributed by atoms with E-state index in [4.69, 9.17) is 22.7 Å². The Kier molecular flexibility index (Phi) is 3.95. The third-order valence-corrected chi connectivity index (χ3v) is 2.95. The summed E-state index contributed by atoms with van der Waals surface area (Å²) in [5.41, 5.74) is 7.61. The summed E-state index contributed by atoms with van der Waals surface area (Å²) in [7, 11) is 0. The van der Waals surface area contributed by atoms with E-state index >= 15 is 0 Å². The molecule has 0 radical (unpaired) electrons. The predicted molar refractivity (Wildman–Crippen MR) is 78.2 cm³/mol. The first-order valence-electron chi connectivity index (χ1n) is 5.87. The summed E-state index contributed by atoms with van der Waals surface area (Å²) >= 11 is 5.02. The molecule has 18 heavy (non-hydrogen) atoms. The van der Waals surface area contributed by atoms with Crippen molar-refractivity contribution in [3.05, 3.63) is 59.7 Å². The number of benzene rings is 2. The molecular weight excluding hydrogens is 242 g/mol. The standard InChI is InChI=1S/C15H15NOS/c1-2-11-7-3-5-9-13(11)17-14-10-6-4-8-12(14)15(16)18/h3-10H,2H2,1H3,(H2,16,18). The summed E-state index contributed by atoms with van der Waals surface area (Å²) in [4.78, 5) is 0.347. The van der Waals surface area contributed by atoms with Crippen molar-refractivity contribution in [2.45, 2.75) is 13.3 Å². The lowest BCUT2D eigenvalue weighted by Gasteiger charge is -2.12. The molecule has 2 rings (SSSR count). The molecule has 0 aliphatic carbocycles. The van der Waals surface area contributed by atoms with Crippen LogP contribution in [-0.2, 0) is 6.42 Å². The van der Waals surface area contributed by atoms with Gasteiger partial charge in [0.2, 0.25) is 0 Å². The maximum Gasteiger partial charge on any atom is 0.137 e. The summed E-state index contributed by atoms with van der Waals surface area (Å²) in [5, 5.41) is 0. The van der Waals surface area contributed by atoms with Crippen LogP contribution in [0.3, 0.4) is 0 Å². The summed E-state index contributed by atoms with van der Waals surface area (Å²) in [6, 6.07) is 15.5. The summed E-state index contributed by atoms with van der Waals surface area (Å²) < 4.78 is 5.93. The highest BCUT2D eigenvalue weighted by atomic mass is 32.1. The van der Waals surface area contributed by atoms with Crippen molar-refractivity contribution < 1.29 is 4.74 Å². The van der Waals surface area contributed by atoms with Gasteiger partial charge in [-0.25, -0.2) is 0 Å². The van der Waals surface area contributed by atoms with Crippen LogP contribution in [0.1, 0.15) is 18.1 Å². The fourth-order valence-electron chi connectivity index (χ4n) is 1.77. The molecule has 0 heterocycles. The van der Waals surface area contributed by atoms with Gasteiger partial charge < -0.3 is 10.5 Å². The monoisotopic (exact) mass is 257 g/mol. The molecule has 0 atom stereocenters. The lowest BCUT2D eigenvalue weighted by molar-refractivity contribution is 0.476. The minimum atomic E-state index is 0.347. The molecule has 0 aromatic heterocycles. The third-order valence-electron chi connectivity index (χ3n) is 2.73. The molecule has 0 spiro atoms. The van der Waals surface area contributed by atoms with E-state index in [0.717, 1.165) is 23.3 Å². The van der Waals surface area contributed by atoms with Crippen molar-refractivity contribution in [2.75, 3.05) is 0 Å². The van der Waals surface area contributed by atoms with Gasteiger partial charge in [0.25, 0.3) is 0 Å². The Bertz CT molecular complexity index is 566. The second kappa shape index (κ2) is 5.65. The first kappa shape index (κ1) is 12.6. The molecule has 0 bridgehead atoms. The van der Waals surface area contributed by atoms with Crippen LogP contribution in [0.2, 0.25) is 0 Å². The van der Waals surface area contributed by atoms with Crippen molar-refractivity contribution >= 4 is 17.2 Å². The van der Waals surface area contributed by atoms with E-state index in [0.29, 0.717) is 10.7 Å². The van der Waals surface area contributed by atoms with Crippen molar-refractivity contribution in [1.29, 1.82) is 0 Å². The van der Waals surface area contributed by atoms with Gasteiger partial charge in [-0.2, -0.15) is 0 Å². The normalized spacial score (nSPS) is 10.1. The topological polar surface area (TPSA) is 35.2 Å². The second-order valence-corrected chi connectivity index (χ2v) is 4.36. The van der Waals surface area contributed by atoms with Crippen LogP contribution in [0.4, 0.5) is 0 Å². The van der Waals surface area contributed by atoms with Crippen LogP contribution >= 0.6 is 12.2 Å². The Hall–Kier alpha value is -1.87. The van der Waals surface area contributed by atoms with Crippen molar-refractivity contribution in [2.24, 2.45) is 5.73 Å². The molecule has 0 aliphatic rings. The highest BCUT2D eigenvalue weighted by molar-refractivity contribution is 7.80. The van der Waals surface area contributed by atoms with E-state index in [2.05, 4.69) is 13.0 Å². The molecule has 2 aromatic carbocycles. The third kappa shape index (κ3) is 2.68. The SMILES string of the molecule is CCc1ccccc1Oc1ccccc1C(N)=S. The van der Waals surface area contributed by atoms with Gasteiger partial charge in [0.15, 0.2) is 0 Å². The van der Waals surface area contributed by atoms with Crippen LogP contribution in [0, 0.1) is 0 Å². The van der Waals surface area contributed by atoms with Gasteiger partial charge in [-0.15, -0.1) is 0 Å². The van der Waals surface area contributed by atoms with Crippen molar-refractivity contribution in [3.8, 4) is 11.5 Å². The Balaban J connectivity index is 2.37. The molecule has 0 aliphatic heterocycles. The van der Waals surface area contributed by atoms with Crippen molar-refractivity contribution in [3.63, 3.8) is 0 Å². The van der Waals surface area contributed by atoms with Crippen LogP contribution < -0.4 is 10.5 Å². The molecule has 0 saturated carbocycles. The van der Waals surface area contributed by atoms with E-state index in [1.54, 1.807) is 0 Å². The Morgan fingerprint density at radius 1 is 1.06 bits per heavy atom. The summed E-state index contributed by atoms with van der Waals surface area (Å²) in [6.45, 7) is 2.10. The van der Waals surface area contributed by atoms with Gasteiger partial charge in [0, 0.05) is 0 Å². The molecule has 2 nitrogen and oxygen atoms in total. The number of ether oxygens (including phenoxy) is 1. The Morgan fingerprint density at radius 3 is 2.33 bits per heavy atom. The Morgan fingerprint density at radius 2 is 1.67 bits per heavy atom. The van der Waals surface area contributed by atoms with E-state index < -0.39 is 0 Å². The van der Waals surface area contributed by atoms with Gasteiger partial charge in [0.1, 0.15) is 16.5 Å². The molecule has 0 unspecified atom stereocenters. The minimum Gasteiger partial charge on any atom is -0.456 e. The Labute approximate surface area is 112 Å². The zero-order chi connectivity index (χ0) is 13.0. The smallest absolute Gasteiger partial charge is 0.137 e. The lowest BCUT2D eigenvalue weighted by Crippen LogP contribution is -2.10. The maximum absolute atomic E-state index is 5.93. The molecular formula is C15H15NOS. The van der Waals surface area contributed by atoms with Gasteiger partial charge in [-0.05, 0) is 30.2 Å². The summed E-state index contributed by atoms with van der Waals surface area (Å²) in [5.74, 6) is 1.55. The van der Waals surface area contributed by atoms with E-state index in [-0.39, 0.29) is 0 Å². The van der Waals surface area contributed by atoms with Crippen LogP contribution in [0.25, 0.3) is 0 Å². The highest BCUT2D eigenvalue weighted by Gasteiger charge is 2.08. The van der Waals surface area contributed by atoms with Crippen molar-refractivity contribution in [1.82, 2.24) is 0 Å². The molecule has 0 amide bonds. The lowest BCUT2D eigenvalue weighted by atomic mass is 10.1. The molecule has 0 saturated heterocycles. The number of nitrogens with two attached hydrogens (primary N) is 1. The number of rotatable bonds is 4. The van der Waals surface area contributed by atoms with Gasteiger partial charge in [-0.1, -0.05) is 49.5 Å². The van der Waals surface area contributed by atoms with Gasteiger partial charge in [-0.3, -0.25) is 0 Å². The largest absolute Gasteiger partial charge is 0.456 e. The molecule has 3 heteroatoms. The van der Waals surface area contributed by atoms with Crippen LogP contribution in [-0.4, -0.2) is 4.99 Å². The summed E-state index contributed by atoms with van der Waals surface area (Å²) in [6.07, 6.45) is 0.922. The number of hydrogen-bond donors (Lipinski definition) is 1. The van der Waals surface area contributed by atoms with Crippen LogP contribution in [0.15, 0.2) is 48.5 Å². The second-order valence-electron chi connectivity index (χ2n) is 3.92. The van der Waals surface area contributed by atoms with E-state index in [9.17, 15) is 0 Å². The van der Waals surface area contributed by atoms with E-state index in [1.807, 2.05) is 42.5 Å². The number of hydrogen-bond acceptors (Lipinski definition) is 2. The van der Waals surface area contributed by atoms with Gasteiger partial charge >= 0.3 is 0 Å². The quantitative estimate of drug-likeness (QED) is 0.849. The van der Waals surface area contributed by atoms with Gasteiger partial charge in [0.05, 0.1) is 5.56 Å². The fourth-order valence-corrected chi connectivity index (χ4v) is 1.94. The zero-order valence-corrected chi connectivity index (χ0v) is 11.0. The molecule has 92 valence electrons. The first-order chi connectivity index (χ1) is 8.72. The number of para-hydroxylation sites is 2. The first-order valence-corrected chi connectivity index (χ1v) is 6.27. The van der Waals surface area contributed by atoms with Crippen LogP contribution in [0.5, 0.6) is 11.5 Å². The molecule has 0 fully saturated rings.